The van der Waals surface area contributed by atoms with Crippen LogP contribution in [-0.4, -0.2) is 12.9 Å². The van der Waals surface area contributed by atoms with Gasteiger partial charge < -0.3 is 9.47 Å². The highest BCUT2D eigenvalue weighted by atomic mass is 16.7. The first kappa shape index (κ1) is 24.1. The first-order chi connectivity index (χ1) is 14.6. The Morgan fingerprint density at radius 3 is 2.10 bits per heavy atom. The van der Waals surface area contributed by atoms with E-state index in [9.17, 15) is 0 Å². The van der Waals surface area contributed by atoms with Crippen molar-refractivity contribution in [3.8, 4) is 5.75 Å². The van der Waals surface area contributed by atoms with Crippen molar-refractivity contribution in [2.24, 2.45) is 16.7 Å². The molecule has 2 aromatic rings. The van der Waals surface area contributed by atoms with Gasteiger partial charge in [-0.05, 0) is 53.0 Å². The average Bonchev–Trinajstić information content (AvgIpc) is 2.67. The van der Waals surface area contributed by atoms with Crippen LogP contribution in [0.4, 0.5) is 0 Å². The summed E-state index contributed by atoms with van der Waals surface area (Å²) in [6, 6.07) is 13.1. The first-order valence-electron chi connectivity index (χ1n) is 12.4. The predicted octanol–water partition coefficient (Wildman–Crippen LogP) is 8.73. The summed E-state index contributed by atoms with van der Waals surface area (Å²) in [5, 5.41) is 2.48. The largest absolute Gasteiger partial charge is 0.465 e. The second-order valence-corrected chi connectivity index (χ2v) is 11.7. The molecule has 2 nitrogen and oxygen atoms in total. The Labute approximate surface area is 190 Å². The Morgan fingerprint density at radius 1 is 0.839 bits per heavy atom. The van der Waals surface area contributed by atoms with Crippen molar-refractivity contribution >= 4 is 10.8 Å². The molecule has 31 heavy (non-hydrogen) atoms. The molecule has 2 aromatic carbocycles. The van der Waals surface area contributed by atoms with E-state index in [1.54, 1.807) is 0 Å². The van der Waals surface area contributed by atoms with E-state index in [2.05, 4.69) is 77.9 Å². The van der Waals surface area contributed by atoms with Crippen LogP contribution in [0.25, 0.3) is 10.8 Å². The third kappa shape index (κ3) is 6.25. The van der Waals surface area contributed by atoms with Crippen molar-refractivity contribution in [3.63, 3.8) is 0 Å². The van der Waals surface area contributed by atoms with Crippen LogP contribution < -0.4 is 4.74 Å². The van der Waals surface area contributed by atoms with Crippen LogP contribution >= 0.6 is 0 Å². The number of hydrogen-bond donors (Lipinski definition) is 0. The molecule has 2 heteroatoms. The molecule has 0 N–H and O–H groups in total. The van der Waals surface area contributed by atoms with E-state index >= 15 is 0 Å². The molecule has 0 radical (unpaired) electrons. The van der Waals surface area contributed by atoms with Gasteiger partial charge in [0.1, 0.15) is 5.75 Å². The van der Waals surface area contributed by atoms with Crippen molar-refractivity contribution in [1.29, 1.82) is 0 Å². The molecular weight excluding hydrogens is 380 g/mol. The summed E-state index contributed by atoms with van der Waals surface area (Å²) in [4.78, 5) is 0. The fourth-order valence-corrected chi connectivity index (χ4v) is 5.98. The van der Waals surface area contributed by atoms with Crippen molar-refractivity contribution < 1.29 is 9.47 Å². The van der Waals surface area contributed by atoms with Gasteiger partial charge in [0, 0.05) is 5.39 Å². The molecule has 1 aliphatic rings. The lowest BCUT2D eigenvalue weighted by molar-refractivity contribution is -0.0703. The summed E-state index contributed by atoms with van der Waals surface area (Å²) in [6.45, 7) is 16.9. The Hall–Kier alpha value is -1.54. The highest BCUT2D eigenvalue weighted by Crippen LogP contribution is 2.49. The molecule has 0 bridgehead atoms. The van der Waals surface area contributed by atoms with Gasteiger partial charge in [-0.2, -0.15) is 0 Å². The van der Waals surface area contributed by atoms with Crippen LogP contribution in [0.1, 0.15) is 98.5 Å². The van der Waals surface area contributed by atoms with Crippen LogP contribution in [-0.2, 0) is 4.74 Å². The summed E-state index contributed by atoms with van der Waals surface area (Å²) in [7, 11) is 0. The molecule has 0 amide bonds. The van der Waals surface area contributed by atoms with Gasteiger partial charge in [0.05, 0.1) is 6.61 Å². The predicted molar refractivity (Wildman–Crippen MR) is 133 cm³/mol. The Balaban J connectivity index is 1.77. The SMILES string of the molecule is CC(OCCC1CCCCC1)Oc1cccc2c(C(C(C)(C)C)C(C)(C)C)cccc12. The third-order valence-electron chi connectivity index (χ3n) is 6.86. The van der Waals surface area contributed by atoms with E-state index in [1.165, 1.54) is 48.4 Å². The van der Waals surface area contributed by atoms with Crippen molar-refractivity contribution in [2.45, 2.75) is 99.2 Å². The van der Waals surface area contributed by atoms with Gasteiger partial charge >= 0.3 is 0 Å². The van der Waals surface area contributed by atoms with Crippen LogP contribution in [0, 0.1) is 16.7 Å². The van der Waals surface area contributed by atoms with Crippen molar-refractivity contribution in [3.05, 3.63) is 42.0 Å². The van der Waals surface area contributed by atoms with Crippen molar-refractivity contribution in [1.82, 2.24) is 0 Å². The zero-order valence-corrected chi connectivity index (χ0v) is 21.0. The molecule has 0 heterocycles. The molecule has 3 rings (SSSR count). The molecule has 0 aliphatic heterocycles. The molecule has 1 fully saturated rings. The van der Waals surface area contributed by atoms with E-state index in [1.807, 2.05) is 6.92 Å². The zero-order chi connectivity index (χ0) is 22.6. The van der Waals surface area contributed by atoms with E-state index in [0.29, 0.717) is 5.92 Å². The second kappa shape index (κ2) is 9.94. The fraction of sp³-hybridized carbons (Fsp3) is 0.655. The lowest BCUT2D eigenvalue weighted by atomic mass is 9.63. The van der Waals surface area contributed by atoms with Gasteiger partial charge in [0.25, 0.3) is 0 Å². The lowest BCUT2D eigenvalue weighted by Gasteiger charge is -2.42. The van der Waals surface area contributed by atoms with Gasteiger partial charge in [-0.15, -0.1) is 0 Å². The van der Waals surface area contributed by atoms with Gasteiger partial charge in [0.15, 0.2) is 6.29 Å². The fourth-order valence-electron chi connectivity index (χ4n) is 5.98. The maximum absolute atomic E-state index is 6.30. The molecular formula is C29H44O2. The molecule has 1 unspecified atom stereocenters. The minimum atomic E-state index is -0.237. The minimum Gasteiger partial charge on any atom is -0.465 e. The lowest BCUT2D eigenvalue weighted by Crippen LogP contribution is -2.30. The zero-order valence-electron chi connectivity index (χ0n) is 21.0. The standard InChI is InChI=1S/C29H44O2/c1-21(30-20-19-22-13-9-8-10-14-22)31-26-18-12-15-23-24(26)16-11-17-25(23)27(28(2,3)4)29(5,6)7/h11-12,15-18,21-22,27H,8-10,13-14,19-20H2,1-7H3. The van der Waals surface area contributed by atoms with Gasteiger partial charge in [0.2, 0.25) is 0 Å². The summed E-state index contributed by atoms with van der Waals surface area (Å²) >= 11 is 0. The number of benzene rings is 2. The maximum Gasteiger partial charge on any atom is 0.197 e. The normalized spacial score (nSPS) is 17.3. The Kier molecular flexibility index (Phi) is 7.73. The van der Waals surface area contributed by atoms with Crippen LogP contribution in [0.15, 0.2) is 36.4 Å². The Bertz CT molecular complexity index is 820. The number of hydrogen-bond acceptors (Lipinski definition) is 2. The molecule has 172 valence electrons. The highest BCUT2D eigenvalue weighted by Gasteiger charge is 2.37. The molecule has 0 aromatic heterocycles. The molecule has 0 spiro atoms. The Morgan fingerprint density at radius 2 is 1.45 bits per heavy atom. The van der Waals surface area contributed by atoms with E-state index in [-0.39, 0.29) is 17.1 Å². The first-order valence-corrected chi connectivity index (χ1v) is 12.4. The molecule has 1 atom stereocenters. The third-order valence-corrected chi connectivity index (χ3v) is 6.86. The van der Waals surface area contributed by atoms with Gasteiger partial charge in [-0.3, -0.25) is 0 Å². The van der Waals surface area contributed by atoms with Gasteiger partial charge in [-0.25, -0.2) is 0 Å². The average molecular weight is 425 g/mol. The summed E-state index contributed by atoms with van der Waals surface area (Å²) < 4.78 is 12.4. The maximum atomic E-state index is 6.30. The van der Waals surface area contributed by atoms with Crippen LogP contribution in [0.2, 0.25) is 0 Å². The van der Waals surface area contributed by atoms with Crippen molar-refractivity contribution in [2.75, 3.05) is 6.61 Å². The summed E-state index contributed by atoms with van der Waals surface area (Å²) in [5.41, 5.74) is 1.74. The minimum absolute atomic E-state index is 0.166. The molecule has 0 saturated heterocycles. The molecule has 1 aliphatic carbocycles. The number of ether oxygens (including phenoxy) is 2. The van der Waals surface area contributed by atoms with E-state index < -0.39 is 0 Å². The summed E-state index contributed by atoms with van der Waals surface area (Å²) in [5.74, 6) is 2.20. The monoisotopic (exact) mass is 424 g/mol. The van der Waals surface area contributed by atoms with Gasteiger partial charge in [-0.1, -0.05) is 104 Å². The van der Waals surface area contributed by atoms with Crippen LogP contribution in [0.3, 0.4) is 0 Å². The van der Waals surface area contributed by atoms with E-state index in [0.717, 1.165) is 24.7 Å². The summed E-state index contributed by atoms with van der Waals surface area (Å²) in [6.07, 6.45) is 7.84. The number of rotatable bonds is 7. The topological polar surface area (TPSA) is 18.5 Å². The van der Waals surface area contributed by atoms with Crippen LogP contribution in [0.5, 0.6) is 5.75 Å². The molecule has 1 saturated carbocycles. The number of fused-ring (bicyclic) bond motifs is 1. The van der Waals surface area contributed by atoms with E-state index in [4.69, 9.17) is 9.47 Å². The second-order valence-electron chi connectivity index (χ2n) is 11.7. The quantitative estimate of drug-likeness (QED) is 0.414. The highest BCUT2D eigenvalue weighted by molar-refractivity contribution is 5.91. The smallest absolute Gasteiger partial charge is 0.197 e.